The topological polar surface area (TPSA) is 43.4 Å². The van der Waals surface area contributed by atoms with Crippen molar-refractivity contribution < 1.29 is 61.3 Å². The van der Waals surface area contributed by atoms with Crippen LogP contribution in [0.2, 0.25) is 0 Å². The van der Waals surface area contributed by atoms with Gasteiger partial charge in [-0.05, 0) is 32.9 Å². The Balaban J connectivity index is 0. The van der Waals surface area contributed by atoms with Gasteiger partial charge in [-0.15, -0.1) is 0 Å². The van der Waals surface area contributed by atoms with Crippen LogP contribution in [0.1, 0.15) is 265 Å². The third kappa shape index (κ3) is 41.7. The van der Waals surface area contributed by atoms with E-state index in [2.05, 4.69) is 18.7 Å². The Hall–Kier alpha value is 1.07. The average Bonchev–Trinajstić information content (AvgIpc) is 3.09. The summed E-state index contributed by atoms with van der Waals surface area (Å²) in [7, 11) is 0. The van der Waals surface area contributed by atoms with E-state index in [1.807, 2.05) is 6.92 Å². The molecule has 0 aromatic rings. The number of carbonyl (C=O) groups is 1. The first-order valence-electron chi connectivity index (χ1n) is 22.6. The molecule has 0 spiro atoms. The Kier molecular flexibility index (Phi) is 48.2. The molecular weight excluding hydrogens is 626 g/mol. The van der Waals surface area contributed by atoms with E-state index >= 15 is 0 Å². The van der Waals surface area contributed by atoms with Gasteiger partial charge in [0.2, 0.25) is 0 Å². The molecule has 49 heavy (non-hydrogen) atoms. The second-order valence-electron chi connectivity index (χ2n) is 15.8. The largest absolute Gasteiger partial charge is 1.00 e. The fraction of sp³-hybridized carbons (Fsp3) is 0.978. The van der Waals surface area contributed by atoms with Crippen molar-refractivity contribution in [1.82, 2.24) is 4.90 Å². The summed E-state index contributed by atoms with van der Waals surface area (Å²) in [6.45, 7) is 8.23. The fourth-order valence-corrected chi connectivity index (χ4v) is 7.43. The maximum absolute atomic E-state index is 11.6. The van der Waals surface area contributed by atoms with Crippen LogP contribution in [-0.4, -0.2) is 30.0 Å². The maximum Gasteiger partial charge on any atom is 1.00 e. The first kappa shape index (κ1) is 52.2. The molecule has 0 amide bonds. The number of hydrogen-bond acceptors (Lipinski definition) is 3. The summed E-state index contributed by atoms with van der Waals surface area (Å²) < 4.78 is 0. The second-order valence-corrected chi connectivity index (χ2v) is 15.8. The quantitative estimate of drug-likeness (QED) is 0.0467. The van der Waals surface area contributed by atoms with E-state index in [9.17, 15) is 9.90 Å². The summed E-state index contributed by atoms with van der Waals surface area (Å²) in [4.78, 5) is 13.8. The predicted octanol–water partition coefficient (Wildman–Crippen LogP) is 11.3. The molecule has 3 nitrogen and oxygen atoms in total. The Morgan fingerprint density at radius 2 is 0.531 bits per heavy atom. The number of aliphatic carboxylic acids is 1. The molecule has 0 aromatic heterocycles. The number of rotatable bonds is 42. The van der Waals surface area contributed by atoms with Crippen molar-refractivity contribution in [3.05, 3.63) is 0 Å². The van der Waals surface area contributed by atoms with E-state index in [0.29, 0.717) is 0 Å². The van der Waals surface area contributed by atoms with Crippen LogP contribution in [0, 0.1) is 0 Å². The molecule has 4 heteroatoms. The molecule has 1 unspecified atom stereocenters. The molecule has 0 heterocycles. The van der Waals surface area contributed by atoms with Gasteiger partial charge in [-0.25, -0.2) is 0 Å². The standard InChI is InChI=1S/C45H91NO2.K/c1-4-6-8-10-12-14-16-18-20-22-24-26-28-30-32-34-36-38-40-42-46(44(3)45(47)48)43-41-39-37-35-33-31-29-27-25-23-21-19-17-15-13-11-9-7-5-2;/h44H,4-43H2,1-3H3,(H,47,48);/q;+1/p-1. The zero-order chi connectivity index (χ0) is 35.0. The van der Waals surface area contributed by atoms with E-state index in [-0.39, 0.29) is 51.4 Å². The van der Waals surface area contributed by atoms with Crippen LogP contribution in [0.25, 0.3) is 0 Å². The molecule has 1 atom stereocenters. The molecule has 0 radical (unpaired) electrons. The molecule has 0 saturated heterocycles. The summed E-state index contributed by atoms with van der Waals surface area (Å²) >= 11 is 0. The molecule has 0 aliphatic rings. The first-order valence-corrected chi connectivity index (χ1v) is 22.6. The van der Waals surface area contributed by atoms with Crippen molar-refractivity contribution in [2.45, 2.75) is 271 Å². The van der Waals surface area contributed by atoms with E-state index in [4.69, 9.17) is 0 Å². The summed E-state index contributed by atoms with van der Waals surface area (Å²) in [5, 5.41) is 11.6. The van der Waals surface area contributed by atoms with Crippen LogP contribution in [-0.2, 0) is 4.79 Å². The molecule has 288 valence electrons. The zero-order valence-electron chi connectivity index (χ0n) is 34.6. The predicted molar refractivity (Wildman–Crippen MR) is 213 cm³/mol. The van der Waals surface area contributed by atoms with Crippen molar-refractivity contribution in [2.24, 2.45) is 0 Å². The van der Waals surface area contributed by atoms with E-state index < -0.39 is 12.0 Å². The minimum Gasteiger partial charge on any atom is -0.548 e. The van der Waals surface area contributed by atoms with Crippen LogP contribution >= 0.6 is 0 Å². The van der Waals surface area contributed by atoms with Gasteiger partial charge in [0.15, 0.2) is 0 Å². The number of unbranched alkanes of at least 4 members (excludes halogenated alkanes) is 36. The Bertz CT molecular complexity index is 573. The normalized spacial score (nSPS) is 12.1. The van der Waals surface area contributed by atoms with Crippen molar-refractivity contribution >= 4 is 5.97 Å². The van der Waals surface area contributed by atoms with Gasteiger partial charge in [0.05, 0.1) is 5.97 Å². The van der Waals surface area contributed by atoms with Crippen LogP contribution in [0.15, 0.2) is 0 Å². The van der Waals surface area contributed by atoms with Crippen LogP contribution < -0.4 is 56.5 Å². The van der Waals surface area contributed by atoms with Gasteiger partial charge in [0.25, 0.3) is 0 Å². The van der Waals surface area contributed by atoms with Crippen molar-refractivity contribution in [3.63, 3.8) is 0 Å². The molecule has 0 aliphatic heterocycles. The van der Waals surface area contributed by atoms with Gasteiger partial charge in [0, 0.05) is 6.04 Å². The SMILES string of the molecule is CCCCCCCCCCCCCCCCCCCCCN(CCCCCCCCCCCCCCCCCCCCC)C(C)C(=O)[O-].[K+]. The minimum absolute atomic E-state index is 0. The van der Waals surface area contributed by atoms with Crippen molar-refractivity contribution in [3.8, 4) is 0 Å². The fourth-order valence-electron chi connectivity index (χ4n) is 7.43. The van der Waals surface area contributed by atoms with Gasteiger partial charge in [-0.2, -0.15) is 0 Å². The van der Waals surface area contributed by atoms with Crippen molar-refractivity contribution in [2.75, 3.05) is 13.1 Å². The number of nitrogens with zero attached hydrogens (tertiary/aromatic N) is 1. The van der Waals surface area contributed by atoms with Crippen LogP contribution in [0.3, 0.4) is 0 Å². The smallest absolute Gasteiger partial charge is 0.548 e. The average molecular weight is 716 g/mol. The van der Waals surface area contributed by atoms with Gasteiger partial charge in [0.1, 0.15) is 0 Å². The molecule has 0 rings (SSSR count). The van der Waals surface area contributed by atoms with E-state index in [1.54, 1.807) is 0 Å². The summed E-state index contributed by atoms with van der Waals surface area (Å²) in [5.41, 5.74) is 0. The van der Waals surface area contributed by atoms with Gasteiger partial charge in [-0.1, -0.05) is 245 Å². The number of carboxylic acids is 1. The van der Waals surface area contributed by atoms with Gasteiger partial charge in [-0.3, -0.25) is 4.90 Å². The monoisotopic (exact) mass is 716 g/mol. The van der Waals surface area contributed by atoms with E-state index in [1.165, 1.54) is 231 Å². The summed E-state index contributed by atoms with van der Waals surface area (Å²) in [6.07, 6.45) is 52.8. The second kappa shape index (κ2) is 45.2. The Morgan fingerprint density at radius 1 is 0.367 bits per heavy atom. The van der Waals surface area contributed by atoms with Crippen LogP contribution in [0.5, 0.6) is 0 Å². The summed E-state index contributed by atoms with van der Waals surface area (Å²) in [5.74, 6) is -0.911. The third-order valence-corrected chi connectivity index (χ3v) is 11.0. The van der Waals surface area contributed by atoms with Gasteiger partial charge >= 0.3 is 51.4 Å². The number of hydrogen-bond donors (Lipinski definition) is 0. The Morgan fingerprint density at radius 3 is 0.694 bits per heavy atom. The molecule has 0 saturated carbocycles. The molecule has 0 N–H and O–H groups in total. The van der Waals surface area contributed by atoms with Gasteiger partial charge < -0.3 is 9.90 Å². The Labute approximate surface area is 352 Å². The molecule has 0 aliphatic carbocycles. The first-order chi connectivity index (χ1) is 23.6. The summed E-state index contributed by atoms with van der Waals surface area (Å²) in [6, 6.07) is -0.462. The third-order valence-electron chi connectivity index (χ3n) is 11.0. The number of carbonyl (C=O) groups excluding carboxylic acids is 1. The maximum atomic E-state index is 11.6. The molecule has 0 bridgehead atoms. The molecular formula is C45H90KNO2. The van der Waals surface area contributed by atoms with E-state index in [0.717, 1.165) is 25.9 Å². The number of carboxylic acid groups (broad SMARTS) is 1. The zero-order valence-corrected chi connectivity index (χ0v) is 37.7. The minimum atomic E-state index is -0.911. The van der Waals surface area contributed by atoms with Crippen molar-refractivity contribution in [1.29, 1.82) is 0 Å². The molecule has 0 aromatic carbocycles. The van der Waals surface area contributed by atoms with Crippen LogP contribution in [0.4, 0.5) is 0 Å². The molecule has 0 fully saturated rings.